The fourth-order valence-electron chi connectivity index (χ4n) is 2.86. The van der Waals surface area contributed by atoms with Crippen LogP contribution >= 0.6 is 11.8 Å². The van der Waals surface area contributed by atoms with Crippen molar-refractivity contribution in [2.45, 2.75) is 25.5 Å². The van der Waals surface area contributed by atoms with E-state index in [1.54, 1.807) is 36.7 Å². The molecule has 0 radical (unpaired) electrons. The molecule has 1 heterocycles. The molecule has 0 saturated carbocycles. The summed E-state index contributed by atoms with van der Waals surface area (Å²) >= 11 is 1.20. The van der Waals surface area contributed by atoms with Gasteiger partial charge in [-0.3, -0.25) is 19.7 Å². The minimum absolute atomic E-state index is 0.00143. The number of rotatable bonds is 8. The summed E-state index contributed by atoms with van der Waals surface area (Å²) < 4.78 is 1.71. The monoisotopic (exact) mass is 454 g/mol. The molecule has 0 fully saturated rings. The highest BCUT2D eigenvalue weighted by Gasteiger charge is 2.14. The third kappa shape index (κ3) is 5.70. The van der Waals surface area contributed by atoms with Crippen molar-refractivity contribution < 1.29 is 14.5 Å². The lowest BCUT2D eigenvalue weighted by Crippen LogP contribution is -2.24. The molecule has 0 unspecified atom stereocenters. The van der Waals surface area contributed by atoms with Crippen molar-refractivity contribution in [3.8, 4) is 0 Å². The summed E-state index contributed by atoms with van der Waals surface area (Å²) in [5.41, 5.74) is 2.58. The first-order chi connectivity index (χ1) is 15.2. The molecular weight excluding hydrogens is 432 g/mol. The molecule has 0 aliphatic rings. The molecule has 2 amide bonds. The van der Waals surface area contributed by atoms with Gasteiger partial charge in [-0.05, 0) is 38.1 Å². The van der Waals surface area contributed by atoms with E-state index in [0.717, 1.165) is 5.56 Å². The number of anilines is 1. The van der Waals surface area contributed by atoms with Crippen LogP contribution in [0.25, 0.3) is 0 Å². The molecule has 0 spiro atoms. The Morgan fingerprint density at radius 1 is 1.12 bits per heavy atom. The lowest BCUT2D eigenvalue weighted by atomic mass is 10.1. The molecule has 166 valence electrons. The number of nitrogens with one attached hydrogen (secondary N) is 2. The molecule has 1 aromatic heterocycles. The Bertz CT molecular complexity index is 1160. The Labute approximate surface area is 188 Å². The molecule has 11 heteroatoms. The molecule has 0 atom stereocenters. The van der Waals surface area contributed by atoms with E-state index in [-0.39, 0.29) is 29.8 Å². The zero-order chi connectivity index (χ0) is 23.3. The Hall–Kier alpha value is -3.73. The van der Waals surface area contributed by atoms with E-state index in [2.05, 4.69) is 20.8 Å². The fraction of sp³-hybridized carbons (Fsp3) is 0.238. The van der Waals surface area contributed by atoms with Crippen molar-refractivity contribution in [3.05, 3.63) is 75.1 Å². The predicted molar refractivity (Wildman–Crippen MR) is 121 cm³/mol. The number of nitro benzene ring substituents is 1. The van der Waals surface area contributed by atoms with Gasteiger partial charge in [-0.2, -0.15) is 0 Å². The van der Waals surface area contributed by atoms with E-state index in [4.69, 9.17) is 0 Å². The van der Waals surface area contributed by atoms with E-state index in [0.29, 0.717) is 27.8 Å². The van der Waals surface area contributed by atoms with Crippen LogP contribution in [0.3, 0.4) is 0 Å². The maximum atomic E-state index is 12.3. The Morgan fingerprint density at radius 2 is 1.84 bits per heavy atom. The number of aryl methyl sites for hydroxylation is 2. The predicted octanol–water partition coefficient (Wildman–Crippen LogP) is 3.00. The van der Waals surface area contributed by atoms with Gasteiger partial charge in [0.05, 0.1) is 17.2 Å². The van der Waals surface area contributed by atoms with Gasteiger partial charge in [0.25, 0.3) is 11.6 Å². The Morgan fingerprint density at radius 3 is 2.50 bits per heavy atom. The summed E-state index contributed by atoms with van der Waals surface area (Å²) in [5.74, 6) is 0.150. The zero-order valence-corrected chi connectivity index (χ0v) is 18.6. The van der Waals surface area contributed by atoms with Crippen molar-refractivity contribution >= 4 is 35.0 Å². The molecule has 0 saturated heterocycles. The normalized spacial score (nSPS) is 10.6. The van der Waals surface area contributed by atoms with E-state index in [1.165, 1.54) is 23.9 Å². The number of nitrogens with zero attached hydrogens (tertiary/aromatic N) is 4. The first kappa shape index (κ1) is 22.9. The zero-order valence-electron chi connectivity index (χ0n) is 17.8. The van der Waals surface area contributed by atoms with Crippen LogP contribution in [0.1, 0.15) is 27.3 Å². The number of aromatic nitrogens is 3. The number of amides is 2. The average molecular weight is 455 g/mol. The lowest BCUT2D eigenvalue weighted by molar-refractivity contribution is -0.385. The van der Waals surface area contributed by atoms with Gasteiger partial charge in [-0.1, -0.05) is 29.5 Å². The van der Waals surface area contributed by atoms with E-state index >= 15 is 0 Å². The van der Waals surface area contributed by atoms with Crippen LogP contribution in [0.15, 0.2) is 47.6 Å². The van der Waals surface area contributed by atoms with Crippen molar-refractivity contribution in [3.63, 3.8) is 0 Å². The van der Waals surface area contributed by atoms with Crippen molar-refractivity contribution in [1.29, 1.82) is 0 Å². The first-order valence-corrected chi connectivity index (χ1v) is 10.6. The quantitative estimate of drug-likeness (QED) is 0.304. The number of carbonyl (C=O) groups excluding carboxylic acids is 2. The number of nitro groups is 1. The number of thioether (sulfide) groups is 1. The van der Waals surface area contributed by atoms with Crippen LogP contribution in [0, 0.1) is 24.0 Å². The summed E-state index contributed by atoms with van der Waals surface area (Å²) in [6, 6.07) is 11.7. The van der Waals surface area contributed by atoms with Crippen LogP contribution in [0.5, 0.6) is 0 Å². The number of hydrogen-bond acceptors (Lipinski definition) is 7. The number of benzene rings is 2. The molecule has 0 aliphatic heterocycles. The highest BCUT2D eigenvalue weighted by atomic mass is 32.2. The maximum absolute atomic E-state index is 12.3. The smallest absolute Gasteiger partial charge is 0.272 e. The lowest BCUT2D eigenvalue weighted by Gasteiger charge is -2.07. The van der Waals surface area contributed by atoms with Gasteiger partial charge in [0, 0.05) is 29.9 Å². The van der Waals surface area contributed by atoms with Gasteiger partial charge in [0.15, 0.2) is 11.0 Å². The summed E-state index contributed by atoms with van der Waals surface area (Å²) in [7, 11) is 1.76. The van der Waals surface area contributed by atoms with Crippen molar-refractivity contribution in [2.24, 2.45) is 7.05 Å². The highest BCUT2D eigenvalue weighted by Crippen LogP contribution is 2.22. The van der Waals surface area contributed by atoms with E-state index in [1.807, 2.05) is 19.1 Å². The Balaban J connectivity index is 1.52. The van der Waals surface area contributed by atoms with Gasteiger partial charge in [-0.15, -0.1) is 10.2 Å². The van der Waals surface area contributed by atoms with Gasteiger partial charge < -0.3 is 15.2 Å². The average Bonchev–Trinajstić information content (AvgIpc) is 3.10. The Kier molecular flexibility index (Phi) is 7.21. The summed E-state index contributed by atoms with van der Waals surface area (Å²) in [5, 5.41) is 25.1. The molecule has 32 heavy (non-hydrogen) atoms. The molecule has 3 rings (SSSR count). The summed E-state index contributed by atoms with van der Waals surface area (Å²) in [4.78, 5) is 34.9. The van der Waals surface area contributed by atoms with Crippen LogP contribution in [0.4, 0.5) is 11.4 Å². The first-order valence-electron chi connectivity index (χ1n) is 9.65. The van der Waals surface area contributed by atoms with Gasteiger partial charge in [0.1, 0.15) is 0 Å². The van der Waals surface area contributed by atoms with Gasteiger partial charge >= 0.3 is 0 Å². The van der Waals surface area contributed by atoms with E-state index < -0.39 is 4.92 Å². The molecule has 10 nitrogen and oxygen atoms in total. The maximum Gasteiger partial charge on any atom is 0.272 e. The van der Waals surface area contributed by atoms with Crippen LogP contribution < -0.4 is 10.6 Å². The largest absolute Gasteiger partial charge is 0.345 e. The molecule has 3 aromatic rings. The molecule has 0 bridgehead atoms. The van der Waals surface area contributed by atoms with E-state index in [9.17, 15) is 19.7 Å². The van der Waals surface area contributed by atoms with Crippen molar-refractivity contribution in [1.82, 2.24) is 20.1 Å². The van der Waals surface area contributed by atoms with Gasteiger partial charge in [0.2, 0.25) is 5.91 Å². The van der Waals surface area contributed by atoms with Crippen LogP contribution in [-0.2, 0) is 18.4 Å². The van der Waals surface area contributed by atoms with Crippen molar-refractivity contribution in [2.75, 3.05) is 11.1 Å². The second-order valence-corrected chi connectivity index (χ2v) is 8.04. The number of carbonyl (C=O) groups is 2. The standard InChI is InChI=1S/C21H22N6O4S/c1-13-4-6-15(7-5-13)20(29)22-11-18-24-25-21(26(18)3)32-12-19(28)23-16-8-9-17(27(30)31)14(2)10-16/h4-10H,11-12H2,1-3H3,(H,22,29)(H,23,28). The second-order valence-electron chi connectivity index (χ2n) is 7.10. The summed E-state index contributed by atoms with van der Waals surface area (Å²) in [6.45, 7) is 3.76. The highest BCUT2D eigenvalue weighted by molar-refractivity contribution is 7.99. The van der Waals surface area contributed by atoms with Gasteiger partial charge in [-0.25, -0.2) is 0 Å². The molecule has 2 aromatic carbocycles. The van der Waals surface area contributed by atoms with Crippen LogP contribution in [-0.4, -0.2) is 37.3 Å². The third-order valence-corrected chi connectivity index (χ3v) is 5.68. The minimum Gasteiger partial charge on any atom is -0.345 e. The minimum atomic E-state index is -0.467. The second kappa shape index (κ2) is 10.1. The molecule has 0 aliphatic carbocycles. The SMILES string of the molecule is Cc1ccc(C(=O)NCc2nnc(SCC(=O)Nc3ccc([N+](=O)[O-])c(C)c3)n2C)cc1. The molecular formula is C21H22N6O4S. The molecule has 2 N–H and O–H groups in total. The third-order valence-electron chi connectivity index (χ3n) is 4.66. The van der Waals surface area contributed by atoms with Crippen LogP contribution in [0.2, 0.25) is 0 Å². The number of hydrogen-bond donors (Lipinski definition) is 2. The summed E-state index contributed by atoms with van der Waals surface area (Å²) in [6.07, 6.45) is 0. The fourth-order valence-corrected chi connectivity index (χ4v) is 3.59. The topological polar surface area (TPSA) is 132 Å².